The van der Waals surface area contributed by atoms with Crippen molar-refractivity contribution >= 4 is 33.1 Å². The number of methoxy groups -OCH3 is 1. The van der Waals surface area contributed by atoms with Crippen LogP contribution in [0.15, 0.2) is 77.7 Å². The minimum Gasteiger partial charge on any atom is -0.384 e. The molecule has 0 aliphatic heterocycles. The Morgan fingerprint density at radius 2 is 1.76 bits per heavy atom. The molecule has 0 saturated carbocycles. The molecule has 1 unspecified atom stereocenters. The van der Waals surface area contributed by atoms with Crippen LogP contribution in [0.5, 0.6) is 0 Å². The van der Waals surface area contributed by atoms with Gasteiger partial charge in [-0.2, -0.15) is 0 Å². The third-order valence-corrected chi connectivity index (χ3v) is 6.23. The fourth-order valence-electron chi connectivity index (χ4n) is 3.45. The Balaban J connectivity index is 1.78. The zero-order valence-electron chi connectivity index (χ0n) is 18.9. The standard InChI is InChI=1S/C24H27N5O4S/c1-16(33-2)29(20-7-5-6-18(14-20)24(25)26)15-23(30)28-19-12-10-17(11-13-19)21-8-3-4-9-22(21)34(27,31)32/h3-14,16H,15H2,1-2H3,(H3,25,26)(H,28,30)(H2,27,31,32). The molecule has 0 aliphatic rings. The van der Waals surface area contributed by atoms with Gasteiger partial charge in [0.25, 0.3) is 0 Å². The molecule has 0 fully saturated rings. The van der Waals surface area contributed by atoms with Gasteiger partial charge in [-0.05, 0) is 42.8 Å². The molecule has 0 radical (unpaired) electrons. The smallest absolute Gasteiger partial charge is 0.243 e. The minimum atomic E-state index is -3.88. The van der Waals surface area contributed by atoms with Gasteiger partial charge < -0.3 is 20.7 Å². The van der Waals surface area contributed by atoms with Crippen molar-refractivity contribution in [2.75, 3.05) is 23.9 Å². The predicted octanol–water partition coefficient (Wildman–Crippen LogP) is 2.72. The highest BCUT2D eigenvalue weighted by atomic mass is 32.2. The van der Waals surface area contributed by atoms with Gasteiger partial charge in [0.2, 0.25) is 15.9 Å². The van der Waals surface area contributed by atoms with Crippen LogP contribution >= 0.6 is 0 Å². The van der Waals surface area contributed by atoms with Crippen molar-refractivity contribution in [3.8, 4) is 11.1 Å². The molecular weight excluding hydrogens is 454 g/mol. The third kappa shape index (κ3) is 5.98. The van der Waals surface area contributed by atoms with Crippen LogP contribution in [0.3, 0.4) is 0 Å². The summed E-state index contributed by atoms with van der Waals surface area (Å²) in [5, 5.41) is 15.8. The first kappa shape index (κ1) is 24.9. The summed E-state index contributed by atoms with van der Waals surface area (Å²) in [6, 6.07) is 20.3. The van der Waals surface area contributed by atoms with Gasteiger partial charge in [-0.1, -0.05) is 42.5 Å². The van der Waals surface area contributed by atoms with Gasteiger partial charge >= 0.3 is 0 Å². The molecule has 0 saturated heterocycles. The molecule has 0 aliphatic carbocycles. The third-order valence-electron chi connectivity index (χ3n) is 5.26. The number of amidine groups is 1. The van der Waals surface area contributed by atoms with Crippen molar-refractivity contribution in [2.24, 2.45) is 10.9 Å². The van der Waals surface area contributed by atoms with E-state index in [1.54, 1.807) is 72.7 Å². The van der Waals surface area contributed by atoms with Crippen LogP contribution in [0.2, 0.25) is 0 Å². The van der Waals surface area contributed by atoms with Crippen molar-refractivity contribution in [2.45, 2.75) is 18.0 Å². The maximum atomic E-state index is 12.8. The SMILES string of the molecule is COC(C)N(CC(=O)Nc1ccc(-c2ccccc2S(N)(=O)=O)cc1)c1cccc(C(=N)N)c1. The molecule has 10 heteroatoms. The molecule has 0 spiro atoms. The lowest BCUT2D eigenvalue weighted by molar-refractivity contribution is -0.115. The topological polar surface area (TPSA) is 152 Å². The summed E-state index contributed by atoms with van der Waals surface area (Å²) in [7, 11) is -2.33. The molecule has 0 bridgehead atoms. The zero-order valence-corrected chi connectivity index (χ0v) is 19.7. The zero-order chi connectivity index (χ0) is 24.9. The Morgan fingerprint density at radius 1 is 1.09 bits per heavy atom. The predicted molar refractivity (Wildman–Crippen MR) is 133 cm³/mol. The molecule has 3 rings (SSSR count). The van der Waals surface area contributed by atoms with Crippen molar-refractivity contribution in [1.29, 1.82) is 5.41 Å². The van der Waals surface area contributed by atoms with E-state index in [4.69, 9.17) is 21.0 Å². The van der Waals surface area contributed by atoms with Crippen LogP contribution in [0.25, 0.3) is 11.1 Å². The molecule has 1 amide bonds. The monoisotopic (exact) mass is 481 g/mol. The number of carbonyl (C=O) groups excluding carboxylic acids is 1. The van der Waals surface area contributed by atoms with E-state index in [0.717, 1.165) is 0 Å². The molecule has 6 N–H and O–H groups in total. The number of primary sulfonamides is 1. The van der Waals surface area contributed by atoms with Crippen molar-refractivity contribution in [3.63, 3.8) is 0 Å². The summed E-state index contributed by atoms with van der Waals surface area (Å²) in [4.78, 5) is 14.6. The fourth-order valence-corrected chi connectivity index (χ4v) is 4.21. The van der Waals surface area contributed by atoms with Crippen molar-refractivity contribution < 1.29 is 17.9 Å². The summed E-state index contributed by atoms with van der Waals surface area (Å²) < 4.78 is 29.2. The van der Waals surface area contributed by atoms with Crippen LogP contribution in [0.4, 0.5) is 11.4 Å². The summed E-state index contributed by atoms with van der Waals surface area (Å²) in [5.74, 6) is -0.352. The largest absolute Gasteiger partial charge is 0.384 e. The Morgan fingerprint density at radius 3 is 2.38 bits per heavy atom. The number of nitrogens with two attached hydrogens (primary N) is 2. The molecule has 3 aromatic rings. The average Bonchev–Trinajstić information content (AvgIpc) is 2.82. The van der Waals surface area contributed by atoms with E-state index in [0.29, 0.717) is 28.1 Å². The highest BCUT2D eigenvalue weighted by Crippen LogP contribution is 2.27. The number of nitrogens with one attached hydrogen (secondary N) is 2. The molecule has 34 heavy (non-hydrogen) atoms. The molecule has 3 aromatic carbocycles. The lowest BCUT2D eigenvalue weighted by Crippen LogP contribution is -2.40. The Kier molecular flexibility index (Phi) is 7.67. The highest BCUT2D eigenvalue weighted by molar-refractivity contribution is 7.89. The number of amides is 1. The van der Waals surface area contributed by atoms with E-state index in [1.165, 1.54) is 6.07 Å². The lowest BCUT2D eigenvalue weighted by atomic mass is 10.1. The molecule has 9 nitrogen and oxygen atoms in total. The van der Waals surface area contributed by atoms with E-state index in [1.807, 2.05) is 13.0 Å². The number of benzene rings is 3. The number of anilines is 2. The first-order valence-corrected chi connectivity index (χ1v) is 11.9. The number of nitrogen functional groups attached to an aromatic ring is 1. The number of carbonyl (C=O) groups is 1. The van der Waals surface area contributed by atoms with E-state index in [-0.39, 0.29) is 23.2 Å². The van der Waals surface area contributed by atoms with Gasteiger partial charge in [0.15, 0.2) is 0 Å². The van der Waals surface area contributed by atoms with E-state index >= 15 is 0 Å². The second kappa shape index (κ2) is 10.5. The van der Waals surface area contributed by atoms with Crippen molar-refractivity contribution in [1.82, 2.24) is 0 Å². The number of sulfonamides is 1. The average molecular weight is 482 g/mol. The molecule has 0 heterocycles. The summed E-state index contributed by atoms with van der Waals surface area (Å²) in [6.07, 6.45) is -0.412. The maximum Gasteiger partial charge on any atom is 0.243 e. The van der Waals surface area contributed by atoms with Gasteiger partial charge in [0.1, 0.15) is 12.1 Å². The normalized spacial score (nSPS) is 12.1. The van der Waals surface area contributed by atoms with Crippen LogP contribution in [0.1, 0.15) is 12.5 Å². The number of hydrogen-bond donors (Lipinski definition) is 4. The summed E-state index contributed by atoms with van der Waals surface area (Å²) in [5.41, 5.74) is 8.50. The Hall–Kier alpha value is -3.73. The van der Waals surface area contributed by atoms with Crippen molar-refractivity contribution in [3.05, 3.63) is 78.4 Å². The second-order valence-electron chi connectivity index (χ2n) is 7.59. The molecule has 1 atom stereocenters. The van der Waals surface area contributed by atoms with Crippen LogP contribution in [0, 0.1) is 5.41 Å². The fraction of sp³-hybridized carbons (Fsp3) is 0.167. The number of hydrogen-bond acceptors (Lipinski definition) is 6. The summed E-state index contributed by atoms with van der Waals surface area (Å²) in [6.45, 7) is 1.80. The van der Waals surface area contributed by atoms with E-state index in [2.05, 4.69) is 5.32 Å². The minimum absolute atomic E-state index is 0.00757. The van der Waals surface area contributed by atoms with Gasteiger partial charge in [-0.25, -0.2) is 13.6 Å². The van der Waals surface area contributed by atoms with Crippen LogP contribution < -0.4 is 21.1 Å². The van der Waals surface area contributed by atoms with Gasteiger partial charge in [0, 0.05) is 29.6 Å². The number of nitrogens with zero attached hydrogens (tertiary/aromatic N) is 1. The van der Waals surface area contributed by atoms with Gasteiger partial charge in [-0.15, -0.1) is 0 Å². The quantitative estimate of drug-likeness (QED) is 0.209. The summed E-state index contributed by atoms with van der Waals surface area (Å²) >= 11 is 0. The number of ether oxygens (including phenoxy) is 1. The maximum absolute atomic E-state index is 12.8. The Labute approximate surface area is 198 Å². The first-order valence-electron chi connectivity index (χ1n) is 10.4. The van der Waals surface area contributed by atoms with Gasteiger partial charge in [0.05, 0.1) is 11.4 Å². The Bertz CT molecular complexity index is 1290. The lowest BCUT2D eigenvalue weighted by Gasteiger charge is -2.30. The second-order valence-corrected chi connectivity index (χ2v) is 9.12. The number of rotatable bonds is 9. The first-order chi connectivity index (χ1) is 16.1. The molecule has 178 valence electrons. The highest BCUT2D eigenvalue weighted by Gasteiger charge is 2.19. The van der Waals surface area contributed by atoms with Crippen LogP contribution in [-0.2, 0) is 19.6 Å². The molecular formula is C24H27N5O4S. The van der Waals surface area contributed by atoms with E-state index in [9.17, 15) is 13.2 Å². The van der Waals surface area contributed by atoms with E-state index < -0.39 is 16.3 Å². The van der Waals surface area contributed by atoms with Gasteiger partial charge in [-0.3, -0.25) is 10.2 Å². The molecule has 0 aromatic heterocycles. The van der Waals surface area contributed by atoms with Crippen LogP contribution in [-0.4, -0.2) is 40.0 Å².